The molecule has 0 spiro atoms. The van der Waals surface area contributed by atoms with E-state index < -0.39 is 0 Å². The molecule has 0 radical (unpaired) electrons. The summed E-state index contributed by atoms with van der Waals surface area (Å²) in [6.07, 6.45) is 3.02. The van der Waals surface area contributed by atoms with Gasteiger partial charge < -0.3 is 4.90 Å². The van der Waals surface area contributed by atoms with Crippen molar-refractivity contribution in [2.75, 3.05) is 23.9 Å². The van der Waals surface area contributed by atoms with Crippen LogP contribution in [-0.4, -0.2) is 24.0 Å². The highest BCUT2D eigenvalue weighted by molar-refractivity contribution is 6.31. The number of benzene rings is 1. The van der Waals surface area contributed by atoms with Gasteiger partial charge in [0.05, 0.1) is 5.52 Å². The van der Waals surface area contributed by atoms with Crippen molar-refractivity contribution in [2.24, 2.45) is 5.92 Å². The molecule has 4 heteroatoms. The zero-order valence-electron chi connectivity index (χ0n) is 9.94. The SMILES string of the molecule is ClCC1CCN(c2ccnc3cc(Cl)ccc23)C1. The molecule has 0 amide bonds. The first-order valence-corrected chi connectivity index (χ1v) is 7.04. The third-order valence-corrected chi connectivity index (χ3v) is 4.20. The Morgan fingerprint density at radius 3 is 3.00 bits per heavy atom. The topological polar surface area (TPSA) is 16.1 Å². The van der Waals surface area contributed by atoms with Crippen LogP contribution >= 0.6 is 23.2 Å². The summed E-state index contributed by atoms with van der Waals surface area (Å²) >= 11 is 11.9. The maximum Gasteiger partial charge on any atom is 0.0737 e. The van der Waals surface area contributed by atoms with Crippen LogP contribution in [0.3, 0.4) is 0 Å². The summed E-state index contributed by atoms with van der Waals surface area (Å²) in [6.45, 7) is 2.10. The molecule has 1 saturated heterocycles. The second-order valence-corrected chi connectivity index (χ2v) is 5.49. The average Bonchev–Trinajstić information content (AvgIpc) is 2.86. The Morgan fingerprint density at radius 1 is 1.33 bits per heavy atom. The van der Waals surface area contributed by atoms with Gasteiger partial charge in [0.25, 0.3) is 0 Å². The minimum absolute atomic E-state index is 0.599. The quantitative estimate of drug-likeness (QED) is 0.775. The molecule has 3 rings (SSSR count). The van der Waals surface area contributed by atoms with Gasteiger partial charge >= 0.3 is 0 Å². The number of nitrogens with zero attached hydrogens (tertiary/aromatic N) is 2. The van der Waals surface area contributed by atoms with E-state index in [1.165, 1.54) is 12.1 Å². The number of fused-ring (bicyclic) bond motifs is 1. The highest BCUT2D eigenvalue weighted by atomic mass is 35.5. The molecule has 2 nitrogen and oxygen atoms in total. The number of rotatable bonds is 2. The van der Waals surface area contributed by atoms with E-state index in [2.05, 4.69) is 16.0 Å². The predicted molar refractivity (Wildman–Crippen MR) is 77.8 cm³/mol. The van der Waals surface area contributed by atoms with Crippen LogP contribution in [0.4, 0.5) is 5.69 Å². The Bertz CT molecular complexity index is 571. The fourth-order valence-corrected chi connectivity index (χ4v) is 2.98. The molecule has 0 saturated carbocycles. The third-order valence-electron chi connectivity index (χ3n) is 3.53. The monoisotopic (exact) mass is 280 g/mol. The predicted octanol–water partition coefficient (Wildman–Crippen LogP) is 3.95. The zero-order chi connectivity index (χ0) is 12.5. The lowest BCUT2D eigenvalue weighted by atomic mass is 10.1. The first-order chi connectivity index (χ1) is 8.78. The van der Waals surface area contributed by atoms with Crippen LogP contribution in [-0.2, 0) is 0 Å². The highest BCUT2D eigenvalue weighted by Crippen LogP contribution is 2.31. The number of pyridine rings is 1. The Kier molecular flexibility index (Phi) is 3.31. The summed E-state index contributed by atoms with van der Waals surface area (Å²) in [5.74, 6) is 1.34. The van der Waals surface area contributed by atoms with Crippen molar-refractivity contribution in [3.8, 4) is 0 Å². The minimum Gasteiger partial charge on any atom is -0.371 e. The maximum atomic E-state index is 6.01. The van der Waals surface area contributed by atoms with E-state index in [1.54, 1.807) is 0 Å². The largest absolute Gasteiger partial charge is 0.371 e. The molecule has 2 aromatic rings. The second kappa shape index (κ2) is 4.94. The number of alkyl halides is 1. The van der Waals surface area contributed by atoms with Gasteiger partial charge in [0, 0.05) is 41.3 Å². The fraction of sp³-hybridized carbons (Fsp3) is 0.357. The van der Waals surface area contributed by atoms with Crippen molar-refractivity contribution < 1.29 is 0 Å². The molecule has 2 heterocycles. The van der Waals surface area contributed by atoms with Crippen LogP contribution in [0, 0.1) is 5.92 Å². The van der Waals surface area contributed by atoms with E-state index >= 15 is 0 Å². The lowest BCUT2D eigenvalue weighted by Gasteiger charge is -2.20. The first-order valence-electron chi connectivity index (χ1n) is 6.13. The summed E-state index contributed by atoms with van der Waals surface area (Å²) in [7, 11) is 0. The summed E-state index contributed by atoms with van der Waals surface area (Å²) in [5.41, 5.74) is 2.19. The van der Waals surface area contributed by atoms with Gasteiger partial charge in [0.15, 0.2) is 0 Å². The molecule has 1 aliphatic rings. The van der Waals surface area contributed by atoms with Crippen LogP contribution in [0.15, 0.2) is 30.5 Å². The molecule has 0 bridgehead atoms. The molecule has 0 aliphatic carbocycles. The van der Waals surface area contributed by atoms with Gasteiger partial charge in [-0.05, 0) is 36.6 Å². The number of hydrogen-bond donors (Lipinski definition) is 0. The Morgan fingerprint density at radius 2 is 2.22 bits per heavy atom. The van der Waals surface area contributed by atoms with E-state index in [0.717, 1.165) is 34.9 Å². The number of hydrogen-bond acceptors (Lipinski definition) is 2. The smallest absolute Gasteiger partial charge is 0.0737 e. The second-order valence-electron chi connectivity index (χ2n) is 4.75. The molecule has 0 N–H and O–H groups in total. The van der Waals surface area contributed by atoms with Crippen LogP contribution in [0.25, 0.3) is 10.9 Å². The van der Waals surface area contributed by atoms with Crippen molar-refractivity contribution in [3.05, 3.63) is 35.5 Å². The van der Waals surface area contributed by atoms with Crippen LogP contribution in [0.5, 0.6) is 0 Å². The van der Waals surface area contributed by atoms with Gasteiger partial charge in [-0.25, -0.2) is 0 Å². The van der Waals surface area contributed by atoms with Crippen LogP contribution in [0.2, 0.25) is 5.02 Å². The third kappa shape index (κ3) is 2.15. The molecule has 94 valence electrons. The molecular weight excluding hydrogens is 267 g/mol. The summed E-state index contributed by atoms with van der Waals surface area (Å²) in [5, 5.41) is 1.89. The zero-order valence-corrected chi connectivity index (χ0v) is 11.5. The van der Waals surface area contributed by atoms with E-state index in [1.807, 2.05) is 24.4 Å². The lowest BCUT2D eigenvalue weighted by Crippen LogP contribution is -2.20. The van der Waals surface area contributed by atoms with Crippen molar-refractivity contribution in [1.29, 1.82) is 0 Å². The molecular formula is C14H14Cl2N2. The van der Waals surface area contributed by atoms with E-state index in [0.29, 0.717) is 5.92 Å². The van der Waals surface area contributed by atoms with Crippen LogP contribution in [0.1, 0.15) is 6.42 Å². The highest BCUT2D eigenvalue weighted by Gasteiger charge is 2.23. The van der Waals surface area contributed by atoms with Gasteiger partial charge in [-0.15, -0.1) is 11.6 Å². The fourth-order valence-electron chi connectivity index (χ4n) is 2.56. The maximum absolute atomic E-state index is 6.01. The molecule has 1 unspecified atom stereocenters. The van der Waals surface area contributed by atoms with Gasteiger partial charge in [-0.3, -0.25) is 4.98 Å². The Labute approximate surface area is 117 Å². The van der Waals surface area contributed by atoms with E-state index in [4.69, 9.17) is 23.2 Å². The Hall–Kier alpha value is -0.990. The molecule has 1 aromatic heterocycles. The van der Waals surface area contributed by atoms with Crippen molar-refractivity contribution in [3.63, 3.8) is 0 Å². The molecule has 1 fully saturated rings. The van der Waals surface area contributed by atoms with Crippen molar-refractivity contribution >= 4 is 39.8 Å². The standard InChI is InChI=1S/C14H14Cl2N2/c15-8-10-4-6-18(9-10)14-3-5-17-13-7-11(16)1-2-12(13)14/h1-3,5,7,10H,4,6,8-9H2. The summed E-state index contributed by atoms with van der Waals surface area (Å²) in [4.78, 5) is 6.77. The molecule has 1 atom stereocenters. The van der Waals surface area contributed by atoms with Gasteiger partial charge in [0.2, 0.25) is 0 Å². The van der Waals surface area contributed by atoms with Crippen molar-refractivity contribution in [1.82, 2.24) is 4.98 Å². The number of halogens is 2. The first kappa shape index (κ1) is 12.1. The van der Waals surface area contributed by atoms with Gasteiger partial charge in [-0.2, -0.15) is 0 Å². The summed E-state index contributed by atoms with van der Waals surface area (Å²) < 4.78 is 0. The number of aromatic nitrogens is 1. The normalized spacial score (nSPS) is 19.7. The van der Waals surface area contributed by atoms with Crippen molar-refractivity contribution in [2.45, 2.75) is 6.42 Å². The Balaban J connectivity index is 2.02. The summed E-state index contributed by atoms with van der Waals surface area (Å²) in [6, 6.07) is 7.96. The van der Waals surface area contributed by atoms with Gasteiger partial charge in [-0.1, -0.05) is 11.6 Å². The molecule has 1 aromatic carbocycles. The van der Waals surface area contributed by atoms with Crippen LogP contribution < -0.4 is 4.90 Å². The van der Waals surface area contributed by atoms with E-state index in [-0.39, 0.29) is 0 Å². The molecule has 1 aliphatic heterocycles. The van der Waals surface area contributed by atoms with E-state index in [9.17, 15) is 0 Å². The molecule has 18 heavy (non-hydrogen) atoms. The average molecular weight is 281 g/mol. The minimum atomic E-state index is 0.599. The van der Waals surface area contributed by atoms with Gasteiger partial charge in [0.1, 0.15) is 0 Å². The lowest BCUT2D eigenvalue weighted by molar-refractivity contribution is 0.667. The number of anilines is 1.